The number of carbonyl (C=O) groups is 4. The van der Waals surface area contributed by atoms with E-state index < -0.39 is 0 Å². The zero-order valence-corrected chi connectivity index (χ0v) is 29.4. The first-order valence-corrected chi connectivity index (χ1v) is 16.7. The molecule has 1 N–H and O–H groups in total. The number of nitrogens with zero attached hydrogens (tertiary/aromatic N) is 3. The van der Waals surface area contributed by atoms with Crippen molar-refractivity contribution in [2.24, 2.45) is 0 Å². The molecule has 0 unspecified atom stereocenters. The summed E-state index contributed by atoms with van der Waals surface area (Å²) in [5.74, 6) is -0.435. The third kappa shape index (κ3) is 9.12. The van der Waals surface area contributed by atoms with Crippen molar-refractivity contribution < 1.29 is 19.2 Å². The molecule has 0 atom stereocenters. The van der Waals surface area contributed by atoms with Gasteiger partial charge in [0.05, 0.1) is 6.54 Å². The molecule has 0 spiro atoms. The Morgan fingerprint density at radius 2 is 1.18 bits per heavy atom. The zero-order valence-electron chi connectivity index (χ0n) is 24.7. The summed E-state index contributed by atoms with van der Waals surface area (Å²) in [7, 11) is 0. The van der Waals surface area contributed by atoms with E-state index in [-0.39, 0.29) is 37.0 Å². The van der Waals surface area contributed by atoms with Crippen molar-refractivity contribution in [3.8, 4) is 0 Å². The SMILES string of the molecule is BrCc1ccccc1.Cc1cc(N2CC(=O)N(Cc3ccccc3)C2=O)ccc1Br.Cc1cc(N2CC(=O)NC2=O)ccc1Br. The van der Waals surface area contributed by atoms with E-state index in [0.717, 1.165) is 42.3 Å². The molecule has 4 aromatic carbocycles. The van der Waals surface area contributed by atoms with Crippen LogP contribution in [0.5, 0.6) is 0 Å². The molecule has 0 bridgehead atoms. The molecule has 0 aliphatic carbocycles. The van der Waals surface area contributed by atoms with Gasteiger partial charge in [-0.25, -0.2) is 9.59 Å². The Kier molecular flexibility index (Phi) is 12.1. The maximum absolute atomic E-state index is 12.5. The lowest BCUT2D eigenvalue weighted by Crippen LogP contribution is -2.32. The Morgan fingerprint density at radius 1 is 0.667 bits per heavy atom. The molecule has 6 amide bonds. The van der Waals surface area contributed by atoms with Gasteiger partial charge in [0, 0.05) is 25.7 Å². The number of urea groups is 2. The summed E-state index contributed by atoms with van der Waals surface area (Å²) in [5, 5.41) is 3.19. The predicted molar refractivity (Wildman–Crippen MR) is 187 cm³/mol. The maximum atomic E-state index is 12.5. The van der Waals surface area contributed by atoms with Crippen LogP contribution in [0.3, 0.4) is 0 Å². The fourth-order valence-corrected chi connectivity index (χ4v) is 5.34. The van der Waals surface area contributed by atoms with Crippen LogP contribution >= 0.6 is 47.8 Å². The van der Waals surface area contributed by atoms with Crippen molar-refractivity contribution in [1.82, 2.24) is 10.2 Å². The number of carbonyl (C=O) groups excluding carboxylic acids is 4. The third-order valence-electron chi connectivity index (χ3n) is 6.94. The fraction of sp³-hybridized carbons (Fsp3) is 0.176. The minimum atomic E-state index is -0.360. The van der Waals surface area contributed by atoms with Crippen LogP contribution in [0.1, 0.15) is 22.3 Å². The molecule has 0 aromatic heterocycles. The first-order valence-electron chi connectivity index (χ1n) is 14.0. The molecule has 2 aliphatic heterocycles. The summed E-state index contributed by atoms with van der Waals surface area (Å²) in [5.41, 5.74) is 5.80. The highest BCUT2D eigenvalue weighted by molar-refractivity contribution is 9.10. The number of benzene rings is 4. The van der Waals surface area contributed by atoms with Crippen LogP contribution in [-0.2, 0) is 21.5 Å². The van der Waals surface area contributed by atoms with Gasteiger partial charge in [-0.15, -0.1) is 0 Å². The van der Waals surface area contributed by atoms with Gasteiger partial charge in [0.2, 0.25) is 5.91 Å². The Morgan fingerprint density at radius 3 is 1.62 bits per heavy atom. The Hall–Kier alpha value is -3.80. The van der Waals surface area contributed by atoms with Crippen LogP contribution in [0.15, 0.2) is 106 Å². The van der Waals surface area contributed by atoms with Gasteiger partial charge in [0.25, 0.3) is 5.91 Å². The van der Waals surface area contributed by atoms with Gasteiger partial charge in [-0.3, -0.25) is 29.6 Å². The van der Waals surface area contributed by atoms with Crippen LogP contribution in [-0.4, -0.2) is 41.9 Å². The van der Waals surface area contributed by atoms with Gasteiger partial charge >= 0.3 is 12.1 Å². The first-order chi connectivity index (χ1) is 21.6. The molecule has 45 heavy (non-hydrogen) atoms. The highest BCUT2D eigenvalue weighted by atomic mass is 79.9. The van der Waals surface area contributed by atoms with Crippen LogP contribution in [0, 0.1) is 13.8 Å². The number of alkyl halides is 1. The van der Waals surface area contributed by atoms with Gasteiger partial charge in [-0.2, -0.15) is 0 Å². The number of halogens is 3. The smallest absolute Gasteiger partial charge is 0.285 e. The van der Waals surface area contributed by atoms with Gasteiger partial charge in [0.1, 0.15) is 13.1 Å². The minimum absolute atomic E-state index is 0.0900. The van der Waals surface area contributed by atoms with Crippen LogP contribution in [0.4, 0.5) is 21.0 Å². The molecular formula is C34H31Br3N4O4. The first kappa shape index (κ1) is 34.1. The predicted octanol–water partition coefficient (Wildman–Crippen LogP) is 8.12. The number of hydrogen-bond donors (Lipinski definition) is 1. The minimum Gasteiger partial charge on any atom is -0.285 e. The lowest BCUT2D eigenvalue weighted by Gasteiger charge is -2.18. The largest absolute Gasteiger partial charge is 0.332 e. The summed E-state index contributed by atoms with van der Waals surface area (Å²) in [6.45, 7) is 4.39. The van der Waals surface area contributed by atoms with E-state index in [1.807, 2.05) is 92.7 Å². The van der Waals surface area contributed by atoms with Crippen molar-refractivity contribution in [2.75, 3.05) is 22.9 Å². The van der Waals surface area contributed by atoms with Crippen molar-refractivity contribution in [3.63, 3.8) is 0 Å². The standard InChI is InChI=1S/C17H15BrN2O2.C10H9BrN2O2.C7H7Br/c1-12-9-14(7-8-15(12)18)19-11-16(21)20(17(19)22)10-13-5-3-2-4-6-13;1-6-4-7(2-3-8(6)11)13-5-9(14)12-10(13)15;8-6-7-4-2-1-3-5-7/h2-9H,10-11H2,1H3;2-4H,5H2,1H3,(H,12,14,15);1-5H,6H2. The topological polar surface area (TPSA) is 90.0 Å². The molecule has 2 heterocycles. The van der Waals surface area contributed by atoms with E-state index in [0.29, 0.717) is 6.54 Å². The summed E-state index contributed by atoms with van der Waals surface area (Å²) in [6.07, 6.45) is 0. The normalized spacial score (nSPS) is 14.1. The Labute approximate surface area is 287 Å². The van der Waals surface area contributed by atoms with Gasteiger partial charge in [-0.05, 0) is 72.5 Å². The molecule has 6 rings (SSSR count). The number of aryl methyl sites for hydroxylation is 2. The number of hydrogen-bond acceptors (Lipinski definition) is 4. The van der Waals surface area contributed by atoms with Crippen LogP contribution < -0.4 is 15.1 Å². The molecular weight excluding hydrogens is 768 g/mol. The van der Waals surface area contributed by atoms with Crippen molar-refractivity contribution >= 4 is 83.0 Å². The van der Waals surface area contributed by atoms with Crippen LogP contribution in [0.2, 0.25) is 0 Å². The Bertz CT molecular complexity index is 1690. The molecule has 8 nitrogen and oxygen atoms in total. The van der Waals surface area contributed by atoms with Gasteiger partial charge in [-0.1, -0.05) is 108 Å². The second-order valence-electron chi connectivity index (χ2n) is 10.3. The average Bonchev–Trinajstić information content (AvgIpc) is 3.53. The van der Waals surface area contributed by atoms with E-state index in [2.05, 4.69) is 65.2 Å². The molecule has 0 saturated carbocycles. The molecule has 232 valence electrons. The maximum Gasteiger partial charge on any atom is 0.332 e. The second-order valence-corrected chi connectivity index (χ2v) is 12.5. The number of imide groups is 2. The quantitative estimate of drug-likeness (QED) is 0.163. The molecule has 4 aromatic rings. The lowest BCUT2D eigenvalue weighted by atomic mass is 10.2. The zero-order chi connectivity index (χ0) is 32.5. The second kappa shape index (κ2) is 16.0. The summed E-state index contributed by atoms with van der Waals surface area (Å²) >= 11 is 10.2. The van der Waals surface area contributed by atoms with Crippen molar-refractivity contribution in [1.29, 1.82) is 0 Å². The Balaban J connectivity index is 0.000000172. The molecule has 2 saturated heterocycles. The fourth-order valence-electron chi connectivity index (χ4n) is 4.48. The van der Waals surface area contributed by atoms with E-state index in [1.54, 1.807) is 6.07 Å². The summed E-state index contributed by atoms with van der Waals surface area (Å²) in [6, 6.07) is 30.3. The molecule has 0 radical (unpaired) electrons. The molecule has 11 heteroatoms. The number of anilines is 2. The summed E-state index contributed by atoms with van der Waals surface area (Å²) in [4.78, 5) is 51.3. The van der Waals surface area contributed by atoms with E-state index in [1.165, 1.54) is 20.3 Å². The molecule has 2 aliphatic rings. The van der Waals surface area contributed by atoms with Crippen molar-refractivity contribution in [2.45, 2.75) is 25.7 Å². The highest BCUT2D eigenvalue weighted by Crippen LogP contribution is 2.27. The van der Waals surface area contributed by atoms with E-state index in [9.17, 15) is 19.2 Å². The van der Waals surface area contributed by atoms with E-state index in [4.69, 9.17) is 0 Å². The van der Waals surface area contributed by atoms with E-state index >= 15 is 0 Å². The van der Waals surface area contributed by atoms with Crippen molar-refractivity contribution in [3.05, 3.63) is 128 Å². The lowest BCUT2D eigenvalue weighted by molar-refractivity contribution is -0.125. The molecule has 2 fully saturated rings. The third-order valence-corrected chi connectivity index (χ3v) is 9.36. The highest BCUT2D eigenvalue weighted by Gasteiger charge is 2.36. The average molecular weight is 799 g/mol. The number of nitrogens with one attached hydrogen (secondary N) is 1. The number of rotatable bonds is 5. The monoisotopic (exact) mass is 796 g/mol. The van der Waals surface area contributed by atoms with Gasteiger partial charge < -0.3 is 0 Å². The summed E-state index contributed by atoms with van der Waals surface area (Å²) < 4.78 is 1.97. The number of amides is 6. The van der Waals surface area contributed by atoms with Gasteiger partial charge in [0.15, 0.2) is 0 Å². The van der Waals surface area contributed by atoms with Crippen LogP contribution in [0.25, 0.3) is 0 Å².